The molecule has 0 atom stereocenters. The van der Waals surface area contributed by atoms with E-state index in [-0.39, 0.29) is 0 Å². The number of rotatable bonds is 4. The first kappa shape index (κ1) is 17.5. The van der Waals surface area contributed by atoms with Crippen molar-refractivity contribution in [2.24, 2.45) is 5.10 Å². The first-order valence-corrected chi connectivity index (χ1v) is 9.03. The number of nitrogens with zero attached hydrogens (tertiary/aromatic N) is 9. The molecule has 1 aliphatic heterocycles. The molecule has 4 aromatic heterocycles. The van der Waals surface area contributed by atoms with E-state index in [0.29, 0.717) is 40.0 Å². The number of hydrazine groups is 1. The van der Waals surface area contributed by atoms with Gasteiger partial charge in [0.1, 0.15) is 22.8 Å². The summed E-state index contributed by atoms with van der Waals surface area (Å²) in [4.78, 5) is 22.1. The largest absolute Gasteiger partial charge is 0.261 e. The quantitative estimate of drug-likeness (QED) is 0.552. The van der Waals surface area contributed by atoms with Crippen LogP contribution in [0.4, 0.5) is 5.82 Å². The number of allylic oxidation sites excluding steroid dienone is 1. The summed E-state index contributed by atoms with van der Waals surface area (Å²) in [6.07, 6.45) is 11.5. The van der Waals surface area contributed by atoms with Crippen molar-refractivity contribution in [3.8, 4) is 0 Å². The van der Waals surface area contributed by atoms with Crippen LogP contribution < -0.4 is 10.5 Å². The third kappa shape index (κ3) is 3.22. The molecule has 0 aromatic carbocycles. The number of hydrogen-bond acceptors (Lipinski definition) is 10. The van der Waals surface area contributed by atoms with Crippen molar-refractivity contribution in [1.82, 2.24) is 40.7 Å². The second kappa shape index (κ2) is 7.80. The van der Waals surface area contributed by atoms with Gasteiger partial charge in [-0.05, 0) is 30.3 Å². The maximum Gasteiger partial charge on any atom is 0.163 e. The summed E-state index contributed by atoms with van der Waals surface area (Å²) >= 11 is 0. The zero-order chi connectivity index (χ0) is 20.2. The lowest BCUT2D eigenvalue weighted by atomic mass is 10.0. The van der Waals surface area contributed by atoms with Gasteiger partial charge in [-0.1, -0.05) is 6.07 Å². The van der Waals surface area contributed by atoms with Crippen LogP contribution in [-0.4, -0.2) is 40.8 Å². The van der Waals surface area contributed by atoms with E-state index in [9.17, 15) is 0 Å². The van der Waals surface area contributed by atoms with Gasteiger partial charge in [0.25, 0.3) is 0 Å². The summed E-state index contributed by atoms with van der Waals surface area (Å²) in [7, 11) is 0. The fraction of sp³-hybridized carbons (Fsp3) is 0. The molecule has 0 saturated heterocycles. The second-order valence-corrected chi connectivity index (χ2v) is 6.08. The Bertz CT molecular complexity index is 1200. The SMILES string of the molecule is c1ccc(N2NN=C(c3cccnn3)C(c3ncccn3)=C2c2cnccn2)nc1. The lowest BCUT2D eigenvalue weighted by Crippen LogP contribution is -2.40. The van der Waals surface area contributed by atoms with Gasteiger partial charge in [-0.2, -0.15) is 10.2 Å². The van der Waals surface area contributed by atoms with Crippen molar-refractivity contribution in [2.45, 2.75) is 0 Å². The molecular weight excluding hydrogens is 380 g/mol. The molecule has 0 spiro atoms. The average molecular weight is 394 g/mol. The van der Waals surface area contributed by atoms with Gasteiger partial charge >= 0.3 is 0 Å². The molecule has 0 saturated carbocycles. The van der Waals surface area contributed by atoms with Crippen molar-refractivity contribution >= 4 is 22.8 Å². The molecule has 30 heavy (non-hydrogen) atoms. The van der Waals surface area contributed by atoms with Crippen molar-refractivity contribution in [1.29, 1.82) is 0 Å². The molecule has 144 valence electrons. The molecule has 0 fully saturated rings. The van der Waals surface area contributed by atoms with E-state index < -0.39 is 0 Å². The molecule has 0 bridgehead atoms. The third-order valence-corrected chi connectivity index (χ3v) is 4.25. The van der Waals surface area contributed by atoms with Crippen LogP contribution in [0.5, 0.6) is 0 Å². The minimum atomic E-state index is 0.463. The number of pyridine rings is 1. The summed E-state index contributed by atoms with van der Waals surface area (Å²) < 4.78 is 0. The standard InChI is InChI=1S/C20H14N10/c1-2-7-23-16(6-1)30-19(15-13-21-11-12-22-15)17(20-24-8-4-9-25-20)18(28-29-30)14-5-3-10-26-27-14/h1-13,29H. The highest BCUT2D eigenvalue weighted by molar-refractivity contribution is 6.36. The van der Waals surface area contributed by atoms with Crippen LogP contribution >= 0.6 is 0 Å². The van der Waals surface area contributed by atoms with Crippen LogP contribution in [0.1, 0.15) is 17.2 Å². The Morgan fingerprint density at radius 3 is 2.37 bits per heavy atom. The molecule has 5 heterocycles. The molecule has 5 rings (SSSR count). The number of anilines is 1. The van der Waals surface area contributed by atoms with Crippen LogP contribution in [0.2, 0.25) is 0 Å². The zero-order valence-corrected chi connectivity index (χ0v) is 15.5. The van der Waals surface area contributed by atoms with E-state index in [1.807, 2.05) is 24.3 Å². The number of hydrogen-bond donors (Lipinski definition) is 1. The fourth-order valence-corrected chi connectivity index (χ4v) is 3.00. The fourth-order valence-electron chi connectivity index (χ4n) is 3.00. The van der Waals surface area contributed by atoms with Gasteiger partial charge in [0, 0.05) is 37.2 Å². The van der Waals surface area contributed by atoms with Gasteiger partial charge in [0.2, 0.25) is 0 Å². The Morgan fingerprint density at radius 1 is 0.733 bits per heavy atom. The molecule has 0 aliphatic carbocycles. The Hall–Kier alpha value is -4.60. The Kier molecular flexibility index (Phi) is 4.55. The summed E-state index contributed by atoms with van der Waals surface area (Å²) in [5.41, 5.74) is 6.00. The highest BCUT2D eigenvalue weighted by Gasteiger charge is 2.31. The maximum absolute atomic E-state index is 4.56. The molecular formula is C20H14N10. The second-order valence-electron chi connectivity index (χ2n) is 6.08. The van der Waals surface area contributed by atoms with Crippen LogP contribution in [0.15, 0.2) is 84.9 Å². The van der Waals surface area contributed by atoms with E-state index >= 15 is 0 Å². The molecule has 0 amide bonds. The summed E-state index contributed by atoms with van der Waals surface area (Å²) in [6, 6.07) is 11.0. The Labute approximate surface area is 171 Å². The topological polar surface area (TPSA) is 118 Å². The number of aromatic nitrogens is 7. The average Bonchev–Trinajstić information content (AvgIpc) is 2.85. The lowest BCUT2D eigenvalue weighted by molar-refractivity contribution is 0.744. The summed E-state index contributed by atoms with van der Waals surface area (Å²) in [5.74, 6) is 1.08. The molecule has 1 aliphatic rings. The van der Waals surface area contributed by atoms with Gasteiger partial charge in [0.15, 0.2) is 11.6 Å². The monoisotopic (exact) mass is 394 g/mol. The third-order valence-electron chi connectivity index (χ3n) is 4.25. The van der Waals surface area contributed by atoms with E-state index in [0.717, 1.165) is 0 Å². The molecule has 10 heteroatoms. The Morgan fingerprint density at radius 2 is 1.63 bits per heavy atom. The van der Waals surface area contributed by atoms with Crippen LogP contribution in [-0.2, 0) is 0 Å². The first-order chi connectivity index (χ1) is 14.9. The van der Waals surface area contributed by atoms with E-state index in [4.69, 9.17) is 0 Å². The highest BCUT2D eigenvalue weighted by Crippen LogP contribution is 2.33. The van der Waals surface area contributed by atoms with Crippen molar-refractivity contribution in [3.05, 3.63) is 97.0 Å². The predicted molar refractivity (Wildman–Crippen MR) is 109 cm³/mol. The molecule has 0 unspecified atom stereocenters. The minimum Gasteiger partial charge on any atom is -0.261 e. The van der Waals surface area contributed by atoms with Crippen LogP contribution in [0.3, 0.4) is 0 Å². The summed E-state index contributed by atoms with van der Waals surface area (Å²) in [5, 5.41) is 14.5. The number of hydrazone groups is 1. The van der Waals surface area contributed by atoms with E-state index in [1.165, 1.54) is 0 Å². The van der Waals surface area contributed by atoms with Crippen molar-refractivity contribution < 1.29 is 0 Å². The molecule has 4 aromatic rings. The lowest BCUT2D eigenvalue weighted by Gasteiger charge is -2.31. The van der Waals surface area contributed by atoms with E-state index in [2.05, 4.69) is 45.8 Å². The smallest absolute Gasteiger partial charge is 0.163 e. The maximum atomic E-state index is 4.56. The van der Waals surface area contributed by atoms with Gasteiger partial charge < -0.3 is 0 Å². The van der Waals surface area contributed by atoms with Crippen LogP contribution in [0.25, 0.3) is 11.3 Å². The predicted octanol–water partition coefficient (Wildman–Crippen LogP) is 1.75. The van der Waals surface area contributed by atoms with E-state index in [1.54, 1.807) is 60.5 Å². The minimum absolute atomic E-state index is 0.463. The number of nitrogens with one attached hydrogen (secondary N) is 1. The highest BCUT2D eigenvalue weighted by atomic mass is 15.7. The first-order valence-electron chi connectivity index (χ1n) is 9.03. The van der Waals surface area contributed by atoms with Crippen molar-refractivity contribution in [3.63, 3.8) is 0 Å². The van der Waals surface area contributed by atoms with Gasteiger partial charge in [-0.25, -0.2) is 25.5 Å². The Balaban J connectivity index is 1.81. The van der Waals surface area contributed by atoms with Gasteiger partial charge in [0.05, 0.1) is 11.8 Å². The molecule has 1 N–H and O–H groups in total. The van der Waals surface area contributed by atoms with Gasteiger partial charge in [-0.15, -0.1) is 5.10 Å². The van der Waals surface area contributed by atoms with Gasteiger partial charge in [-0.3, -0.25) is 9.97 Å². The normalized spacial score (nSPS) is 13.6. The van der Waals surface area contributed by atoms with Crippen LogP contribution in [0, 0.1) is 0 Å². The molecule has 10 nitrogen and oxygen atoms in total. The van der Waals surface area contributed by atoms with Crippen molar-refractivity contribution in [2.75, 3.05) is 5.01 Å². The summed E-state index contributed by atoms with van der Waals surface area (Å²) in [6.45, 7) is 0. The zero-order valence-electron chi connectivity index (χ0n) is 15.5. The molecule has 0 radical (unpaired) electrons.